The van der Waals surface area contributed by atoms with Gasteiger partial charge >= 0.3 is 5.97 Å². The Bertz CT molecular complexity index is 629. The summed E-state index contributed by atoms with van der Waals surface area (Å²) in [5.74, 6) is -0.0445. The van der Waals surface area contributed by atoms with Gasteiger partial charge in [-0.3, -0.25) is 4.90 Å². The van der Waals surface area contributed by atoms with Crippen molar-refractivity contribution in [1.82, 2.24) is 10.2 Å². The van der Waals surface area contributed by atoms with Crippen molar-refractivity contribution in [2.75, 3.05) is 0 Å². The van der Waals surface area contributed by atoms with Gasteiger partial charge in [-0.1, -0.05) is 12.1 Å². The van der Waals surface area contributed by atoms with Gasteiger partial charge in [0.15, 0.2) is 10.8 Å². The van der Waals surface area contributed by atoms with Crippen LogP contribution in [0.1, 0.15) is 32.8 Å². The van der Waals surface area contributed by atoms with E-state index < -0.39 is 11.8 Å². The Morgan fingerprint density at radius 1 is 1.36 bits per heavy atom. The number of ether oxygens (including phenoxy) is 1. The van der Waals surface area contributed by atoms with Crippen molar-refractivity contribution in [3.63, 3.8) is 0 Å². The minimum absolute atomic E-state index is 0.208. The van der Waals surface area contributed by atoms with Crippen LogP contribution >= 0.6 is 12.2 Å². The van der Waals surface area contributed by atoms with Gasteiger partial charge in [-0.25, -0.2) is 4.79 Å². The Kier molecular flexibility index (Phi) is 3.32. The van der Waals surface area contributed by atoms with Crippen LogP contribution in [0.5, 0.6) is 5.75 Å². The van der Waals surface area contributed by atoms with Crippen LogP contribution in [0.15, 0.2) is 24.3 Å². The molecule has 0 saturated carbocycles. The highest BCUT2D eigenvalue weighted by Gasteiger charge is 2.56. The number of phenols is 1. The molecule has 2 N–H and O–H groups in total. The number of carbonyl (C=O) groups excluding carboxylic acids is 1. The summed E-state index contributed by atoms with van der Waals surface area (Å²) in [5.41, 5.74) is 0.0391. The molecule has 2 atom stereocenters. The summed E-state index contributed by atoms with van der Waals surface area (Å²) >= 11 is 5.47. The van der Waals surface area contributed by atoms with Crippen LogP contribution in [-0.4, -0.2) is 38.4 Å². The lowest BCUT2D eigenvalue weighted by Crippen LogP contribution is -2.66. The Labute approximate surface area is 135 Å². The minimum atomic E-state index is -0.704. The number of nitrogens with one attached hydrogen (secondary N) is 1. The van der Waals surface area contributed by atoms with E-state index in [4.69, 9.17) is 17.0 Å². The maximum atomic E-state index is 12.4. The standard InChI is InChI=1S/C16H20N2O3S/c1-15(2)9-16(3)18(14(22)17-15)12(13(20)21-16)8-10-4-6-11(19)7-5-10/h4-7,12,19H,8-9H2,1-3H3,(H,17,22)/t12-,16-/m0/s1. The number of esters is 1. The number of hydrogen-bond donors (Lipinski definition) is 2. The lowest BCUT2D eigenvalue weighted by molar-refractivity contribution is -0.153. The Morgan fingerprint density at radius 2 is 2.00 bits per heavy atom. The van der Waals surface area contributed by atoms with Crippen molar-refractivity contribution >= 4 is 23.3 Å². The van der Waals surface area contributed by atoms with Crippen molar-refractivity contribution in [2.45, 2.75) is 50.9 Å². The third kappa shape index (κ3) is 2.52. The van der Waals surface area contributed by atoms with Crippen LogP contribution in [-0.2, 0) is 16.0 Å². The normalized spacial score (nSPS) is 29.8. The highest BCUT2D eigenvalue weighted by Crippen LogP contribution is 2.40. The van der Waals surface area contributed by atoms with Gasteiger partial charge in [0.25, 0.3) is 0 Å². The second kappa shape index (κ2) is 4.84. The van der Waals surface area contributed by atoms with Crippen molar-refractivity contribution < 1.29 is 14.6 Å². The lowest BCUT2D eigenvalue weighted by atomic mass is 9.89. The van der Waals surface area contributed by atoms with E-state index in [9.17, 15) is 9.90 Å². The maximum Gasteiger partial charge on any atom is 0.331 e. The molecule has 0 spiro atoms. The molecule has 22 heavy (non-hydrogen) atoms. The SMILES string of the molecule is CC1(C)C[C@]2(C)OC(=O)[C@H](Cc3ccc(O)cc3)N2C(=S)N1. The molecule has 2 heterocycles. The van der Waals surface area contributed by atoms with Crippen LogP contribution in [0.2, 0.25) is 0 Å². The van der Waals surface area contributed by atoms with E-state index in [1.54, 1.807) is 12.1 Å². The Hall–Kier alpha value is -1.82. The molecular weight excluding hydrogens is 300 g/mol. The van der Waals surface area contributed by atoms with Crippen LogP contribution in [0.25, 0.3) is 0 Å². The number of rotatable bonds is 2. The van der Waals surface area contributed by atoms with Gasteiger partial charge in [0.05, 0.1) is 0 Å². The Morgan fingerprint density at radius 3 is 2.64 bits per heavy atom. The molecule has 2 aliphatic heterocycles. The first-order valence-electron chi connectivity index (χ1n) is 7.32. The van der Waals surface area contributed by atoms with Gasteiger partial charge in [0, 0.05) is 18.4 Å². The van der Waals surface area contributed by atoms with Crippen molar-refractivity contribution in [3.8, 4) is 5.75 Å². The molecule has 0 amide bonds. The van der Waals surface area contributed by atoms with Gasteiger partial charge in [-0.05, 0) is 50.7 Å². The summed E-state index contributed by atoms with van der Waals surface area (Å²) in [6.07, 6.45) is 1.16. The first-order chi connectivity index (χ1) is 10.2. The number of nitrogens with zero attached hydrogens (tertiary/aromatic N) is 1. The zero-order valence-corrected chi connectivity index (χ0v) is 13.7. The van der Waals surface area contributed by atoms with Crippen LogP contribution < -0.4 is 5.32 Å². The quantitative estimate of drug-likeness (QED) is 0.641. The van der Waals surface area contributed by atoms with Crippen LogP contribution in [0.3, 0.4) is 0 Å². The van der Waals surface area contributed by atoms with E-state index in [0.29, 0.717) is 18.0 Å². The van der Waals surface area contributed by atoms with Crippen molar-refractivity contribution in [3.05, 3.63) is 29.8 Å². The molecule has 0 radical (unpaired) electrons. The van der Waals surface area contributed by atoms with Crippen LogP contribution in [0, 0.1) is 0 Å². The van der Waals surface area contributed by atoms with Gasteiger partial charge in [-0.15, -0.1) is 0 Å². The smallest absolute Gasteiger partial charge is 0.331 e. The third-order valence-electron chi connectivity index (χ3n) is 4.21. The molecule has 1 aromatic carbocycles. The van der Waals surface area contributed by atoms with Crippen molar-refractivity contribution in [1.29, 1.82) is 0 Å². The topological polar surface area (TPSA) is 61.8 Å². The first-order valence-corrected chi connectivity index (χ1v) is 7.73. The molecule has 0 aliphatic carbocycles. The van der Waals surface area contributed by atoms with Gasteiger partial charge in [-0.2, -0.15) is 0 Å². The molecule has 2 saturated heterocycles. The van der Waals surface area contributed by atoms with E-state index in [0.717, 1.165) is 5.56 Å². The maximum absolute atomic E-state index is 12.4. The largest absolute Gasteiger partial charge is 0.508 e. The predicted molar refractivity (Wildman–Crippen MR) is 86.4 cm³/mol. The van der Waals surface area contributed by atoms with Crippen LogP contribution in [0.4, 0.5) is 0 Å². The fourth-order valence-corrected chi connectivity index (χ4v) is 4.09. The molecule has 118 valence electrons. The zero-order chi connectivity index (χ0) is 16.1. The molecular formula is C16H20N2O3S. The second-order valence-electron chi connectivity index (χ2n) is 6.84. The average molecular weight is 320 g/mol. The van der Waals surface area contributed by atoms with E-state index in [-0.39, 0.29) is 17.3 Å². The highest BCUT2D eigenvalue weighted by atomic mass is 32.1. The summed E-state index contributed by atoms with van der Waals surface area (Å²) in [4.78, 5) is 14.3. The number of fused-ring (bicyclic) bond motifs is 1. The van der Waals surface area contributed by atoms with Crippen molar-refractivity contribution in [2.24, 2.45) is 0 Å². The summed E-state index contributed by atoms with van der Waals surface area (Å²) < 4.78 is 5.68. The number of hydrogen-bond acceptors (Lipinski definition) is 4. The molecule has 2 aliphatic rings. The monoisotopic (exact) mass is 320 g/mol. The average Bonchev–Trinajstić information content (AvgIpc) is 2.61. The van der Waals surface area contributed by atoms with Gasteiger partial charge in [0.2, 0.25) is 0 Å². The fraction of sp³-hybridized carbons (Fsp3) is 0.500. The summed E-state index contributed by atoms with van der Waals surface area (Å²) in [7, 11) is 0. The Balaban J connectivity index is 1.88. The summed E-state index contributed by atoms with van der Waals surface area (Å²) in [6.45, 7) is 6.00. The van der Waals surface area contributed by atoms with E-state index >= 15 is 0 Å². The first kappa shape index (κ1) is 15.1. The number of carbonyl (C=O) groups is 1. The number of thiocarbonyl (C=S) groups is 1. The van der Waals surface area contributed by atoms with Gasteiger partial charge < -0.3 is 15.2 Å². The third-order valence-corrected chi connectivity index (χ3v) is 4.51. The number of phenolic OH excluding ortho intramolecular Hbond substituents is 1. The molecule has 6 heteroatoms. The fourth-order valence-electron chi connectivity index (χ4n) is 3.49. The number of aromatic hydroxyl groups is 1. The summed E-state index contributed by atoms with van der Waals surface area (Å²) in [6, 6.07) is 6.41. The minimum Gasteiger partial charge on any atom is -0.508 e. The van der Waals surface area contributed by atoms with E-state index in [1.165, 1.54) is 0 Å². The highest BCUT2D eigenvalue weighted by molar-refractivity contribution is 7.80. The predicted octanol–water partition coefficient (Wildman–Crippen LogP) is 1.94. The molecule has 3 rings (SSSR count). The molecule has 5 nitrogen and oxygen atoms in total. The second-order valence-corrected chi connectivity index (χ2v) is 7.23. The van der Waals surface area contributed by atoms with E-state index in [1.807, 2.05) is 37.8 Å². The lowest BCUT2D eigenvalue weighted by Gasteiger charge is -2.48. The van der Waals surface area contributed by atoms with E-state index in [2.05, 4.69) is 5.32 Å². The zero-order valence-electron chi connectivity index (χ0n) is 12.9. The molecule has 0 bridgehead atoms. The summed E-state index contributed by atoms with van der Waals surface area (Å²) in [5, 5.41) is 13.2. The molecule has 0 unspecified atom stereocenters. The number of benzene rings is 1. The molecule has 1 aromatic rings. The molecule has 2 fully saturated rings. The van der Waals surface area contributed by atoms with Gasteiger partial charge in [0.1, 0.15) is 11.8 Å². The molecule has 0 aromatic heterocycles.